The minimum atomic E-state index is -2.04. The molecule has 4 aliphatic rings. The van der Waals surface area contributed by atoms with E-state index in [2.05, 4.69) is 30.3 Å². The number of aliphatic hydroxyl groups is 2. The number of nitrogen functional groups attached to an aromatic ring is 1. The fourth-order valence-corrected chi connectivity index (χ4v) is 8.94. The second-order valence-electron chi connectivity index (χ2n) is 19.3. The van der Waals surface area contributed by atoms with Crippen molar-refractivity contribution in [2.75, 3.05) is 45.7 Å². The number of carbonyl (C=O) groups excluding carboxylic acids is 5. The van der Waals surface area contributed by atoms with Gasteiger partial charge in [0, 0.05) is 118 Å². The van der Waals surface area contributed by atoms with Crippen molar-refractivity contribution in [3.63, 3.8) is 0 Å². The number of phenols is 3. The molecule has 24 nitrogen and oxygen atoms in total. The number of aromatic nitrogens is 3. The molecule has 6 heterocycles. The van der Waals surface area contributed by atoms with Crippen molar-refractivity contribution in [2.45, 2.75) is 85.6 Å². The number of pyridine rings is 1. The zero-order chi connectivity index (χ0) is 57.8. The van der Waals surface area contributed by atoms with Gasteiger partial charge in [0.05, 0.1) is 59.2 Å². The number of piperazine rings is 1. The Kier molecular flexibility index (Phi) is 20.9. The van der Waals surface area contributed by atoms with Gasteiger partial charge in [0.2, 0.25) is 0 Å². The van der Waals surface area contributed by atoms with Crippen molar-refractivity contribution in [3.05, 3.63) is 107 Å². The number of Topliss-reactive ketones (excluding diaryl/α,β-unsaturated/α-hetero) is 1. The lowest BCUT2D eigenvalue weighted by atomic mass is 9.78. The van der Waals surface area contributed by atoms with Crippen LogP contribution in [0.15, 0.2) is 84.4 Å². The zero-order valence-corrected chi connectivity index (χ0v) is 45.2. The minimum absolute atomic E-state index is 0.0559. The van der Waals surface area contributed by atoms with Crippen molar-refractivity contribution >= 4 is 52.1 Å². The lowest BCUT2D eigenvalue weighted by Gasteiger charge is -2.38. The molecule has 3 amide bonds. The molecule has 24 heteroatoms. The van der Waals surface area contributed by atoms with Gasteiger partial charge < -0.3 is 60.4 Å². The molecule has 4 aliphatic heterocycles. The number of benzene rings is 2. The average molecular weight is 1080 g/mol. The number of likely N-dealkylation sites (N-methyl/N-ethyl adjacent to an activating group) is 1. The summed E-state index contributed by atoms with van der Waals surface area (Å²) in [6.45, 7) is 15.1. The van der Waals surface area contributed by atoms with Crippen LogP contribution >= 0.6 is 0 Å². The van der Waals surface area contributed by atoms with Crippen LogP contribution in [0.25, 0.3) is 10.8 Å². The van der Waals surface area contributed by atoms with Crippen molar-refractivity contribution in [1.82, 2.24) is 30.3 Å². The third-order valence-electron chi connectivity index (χ3n) is 13.8. The number of hydrazone groups is 1. The first kappa shape index (κ1) is 60.8. The van der Waals surface area contributed by atoms with Crippen LogP contribution in [0.3, 0.4) is 0 Å². The molecule has 1 fully saturated rings. The number of allylic oxidation sites excluding steroid dienone is 2. The average Bonchev–Trinajstić information content (AvgIpc) is 3.83. The van der Waals surface area contributed by atoms with Crippen LogP contribution in [0.2, 0.25) is 0 Å². The number of aliphatic hydroxyl groups excluding tert-OH is 2. The minimum Gasteiger partial charge on any atom is -0.507 e. The van der Waals surface area contributed by atoms with Gasteiger partial charge >= 0.3 is 11.8 Å². The molecule has 4 aromatic rings. The van der Waals surface area contributed by atoms with Gasteiger partial charge in [0.15, 0.2) is 5.75 Å². The van der Waals surface area contributed by atoms with Gasteiger partial charge in [-0.15, -0.1) is 0 Å². The van der Waals surface area contributed by atoms with Gasteiger partial charge in [0.1, 0.15) is 29.0 Å². The number of nitrogens with zero attached hydrogens (tertiary/aromatic N) is 6. The standard InChI is InChI=1S/C43H58N4O12.C6H7N3O.C5H5N3O/c1-21-12-11-13-22(2)42(55)45-33-28(20-44-47-17-15-46(9)16-18-47)37(52)30-31(38(33)53)36(51)26(6)40-32(30)41(54)43(8,59-40)57-19-14-29(56-10)23(3)39(58-27(7)48)25(5)35(50)24(4)34(21)49;7-9-6(10)5-1-3-8-4-2-5;6-5(9)4-3-7-1-2-8-4/h11-14,19-21,23-25,29,34-35,39,49-53H,15-18H2,1-10H3,(H,45,55);1-4H,7H2,(H,9,10);1-3H,(H2,6,9)/b12-11+,19-14+,22-13-,44-20-;;/t21-,23+,24+,25+,29-,34-,35+,39+,43-;;/m0../s1. The molecule has 0 radical (unpaired) electrons. The lowest BCUT2D eigenvalue weighted by Crippen LogP contribution is -2.46. The number of phenolic OH excluding ortho intramolecular Hbond substituents is 3. The summed E-state index contributed by atoms with van der Waals surface area (Å²) in [7, 11) is 3.42. The van der Waals surface area contributed by atoms with E-state index >= 15 is 0 Å². The maximum atomic E-state index is 14.4. The fraction of sp³-hybridized carbons (Fsp3) is 0.426. The van der Waals surface area contributed by atoms with Crippen LogP contribution in [0.1, 0.15) is 90.8 Å². The third-order valence-corrected chi connectivity index (χ3v) is 13.8. The largest absolute Gasteiger partial charge is 0.507 e. The third kappa shape index (κ3) is 14.1. The van der Waals surface area contributed by atoms with Crippen LogP contribution in [0.4, 0.5) is 5.69 Å². The topological polar surface area (TPSA) is 357 Å². The van der Waals surface area contributed by atoms with E-state index in [0.717, 1.165) is 13.1 Å². The van der Waals surface area contributed by atoms with E-state index in [0.29, 0.717) is 18.7 Å². The number of fused-ring (bicyclic) bond motifs is 14. The number of hydrogen-bond acceptors (Lipinski definition) is 21. The number of anilines is 1. The number of rotatable bonds is 6. The predicted molar refractivity (Wildman–Crippen MR) is 287 cm³/mol. The Labute approximate surface area is 451 Å². The van der Waals surface area contributed by atoms with Crippen LogP contribution < -0.4 is 27.1 Å². The second kappa shape index (κ2) is 26.8. The Morgan fingerprint density at radius 2 is 1.58 bits per heavy atom. The highest BCUT2D eigenvalue weighted by Gasteiger charge is 2.50. The molecule has 0 aliphatic carbocycles. The summed E-state index contributed by atoms with van der Waals surface area (Å²) in [4.78, 5) is 74.7. The van der Waals surface area contributed by atoms with Crippen LogP contribution in [0.5, 0.6) is 23.0 Å². The van der Waals surface area contributed by atoms with Crippen LogP contribution in [-0.2, 0) is 23.8 Å². The summed E-state index contributed by atoms with van der Waals surface area (Å²) < 4.78 is 23.6. The zero-order valence-electron chi connectivity index (χ0n) is 45.2. The quantitative estimate of drug-likeness (QED) is 0.0253. The molecule has 11 N–H and O–H groups in total. The number of methoxy groups -OCH3 is 1. The Morgan fingerprint density at radius 3 is 2.15 bits per heavy atom. The van der Waals surface area contributed by atoms with E-state index in [1.54, 1.807) is 57.0 Å². The molecule has 5 bridgehead atoms. The molecule has 78 heavy (non-hydrogen) atoms. The molecule has 420 valence electrons. The van der Waals surface area contributed by atoms with Crippen molar-refractivity contribution in [3.8, 4) is 23.0 Å². The molecule has 1 saturated heterocycles. The van der Waals surface area contributed by atoms with Gasteiger partial charge in [-0.05, 0) is 39.1 Å². The van der Waals surface area contributed by atoms with Gasteiger partial charge in [-0.2, -0.15) is 5.10 Å². The van der Waals surface area contributed by atoms with Crippen LogP contribution in [0, 0.1) is 30.6 Å². The summed E-state index contributed by atoms with van der Waals surface area (Å²) >= 11 is 0. The number of carbonyl (C=O) groups is 5. The SMILES string of the molecule is CO[C@H]1/C=C/O[C@@]2(C)Oc3c(C)c(O)c4c(O)c(c(/C=N\N5CCN(C)CC5)c(O)c4c3C2=O)NC(=O)/C(C)=C\C=C\[C@H](C)[C@H](O)[C@@H](C)[C@@H](O)[C@@H](C)[C@H](OC(C)=O)[C@@H]1C.NC(=O)c1cnccn1.NNC(=O)c1ccncc1. The number of amides is 3. The predicted octanol–water partition coefficient (Wildman–Crippen LogP) is 3.60. The van der Waals surface area contributed by atoms with Gasteiger partial charge in [0.25, 0.3) is 23.5 Å². The van der Waals surface area contributed by atoms with E-state index in [-0.39, 0.29) is 56.1 Å². The fourth-order valence-electron chi connectivity index (χ4n) is 8.94. The van der Waals surface area contributed by atoms with Crippen molar-refractivity contribution in [1.29, 1.82) is 0 Å². The smallest absolute Gasteiger partial charge is 0.312 e. The highest BCUT2D eigenvalue weighted by molar-refractivity contribution is 6.24. The summed E-state index contributed by atoms with van der Waals surface area (Å²) in [5.41, 5.74) is 7.24. The number of hydrazine groups is 1. The molecular weight excluding hydrogens is 1010 g/mol. The number of ether oxygens (including phenoxy) is 4. The Bertz CT molecular complexity index is 2930. The molecule has 2 aromatic heterocycles. The van der Waals surface area contributed by atoms with Gasteiger partial charge in [-0.3, -0.25) is 44.4 Å². The molecular formula is C54H70N10O14. The molecule has 8 rings (SSSR count). The molecule has 0 unspecified atom stereocenters. The number of primary amides is 1. The first-order chi connectivity index (χ1) is 36.9. The molecule has 2 aromatic carbocycles. The normalized spacial score (nSPS) is 26.4. The number of ketones is 1. The first-order valence-corrected chi connectivity index (χ1v) is 24.9. The first-order valence-electron chi connectivity index (χ1n) is 24.9. The monoisotopic (exact) mass is 1080 g/mol. The van der Waals surface area contributed by atoms with E-state index < -0.39 is 94.7 Å². The number of aromatic hydroxyl groups is 3. The molecule has 0 saturated carbocycles. The van der Waals surface area contributed by atoms with Crippen molar-refractivity contribution in [2.24, 2.45) is 40.3 Å². The van der Waals surface area contributed by atoms with E-state index in [9.17, 15) is 49.5 Å². The number of nitrogens with one attached hydrogen (secondary N) is 2. The number of nitrogens with two attached hydrogens (primary N) is 2. The van der Waals surface area contributed by atoms with E-state index in [1.807, 2.05) is 12.5 Å². The summed E-state index contributed by atoms with van der Waals surface area (Å²) in [5, 5.41) is 66.8. The van der Waals surface area contributed by atoms with Crippen LogP contribution in [-0.4, -0.2) is 157 Å². The Morgan fingerprint density at radius 1 is 0.910 bits per heavy atom. The lowest BCUT2D eigenvalue weighted by molar-refractivity contribution is -0.160. The Balaban J connectivity index is 0.000000491. The molecule has 0 spiro atoms. The van der Waals surface area contributed by atoms with E-state index in [1.165, 1.54) is 90.4 Å². The highest BCUT2D eigenvalue weighted by Crippen LogP contribution is 2.55. The summed E-state index contributed by atoms with van der Waals surface area (Å²) in [6.07, 6.45) is 12.1. The molecule has 9 atom stereocenters. The number of hydrogen-bond donors (Lipinski definition) is 9. The summed E-state index contributed by atoms with van der Waals surface area (Å²) in [6, 6.07) is 3.17. The number of esters is 1. The highest BCUT2D eigenvalue weighted by atomic mass is 16.7. The summed E-state index contributed by atoms with van der Waals surface area (Å²) in [5.74, 6) is -4.31. The van der Waals surface area contributed by atoms with Gasteiger partial charge in [-0.25, -0.2) is 10.8 Å². The maximum Gasteiger partial charge on any atom is 0.312 e. The van der Waals surface area contributed by atoms with E-state index in [4.69, 9.17) is 30.5 Å². The Hall–Kier alpha value is -8.03. The van der Waals surface area contributed by atoms with Crippen molar-refractivity contribution < 1.29 is 68.5 Å². The van der Waals surface area contributed by atoms with Gasteiger partial charge in [-0.1, -0.05) is 45.9 Å². The maximum absolute atomic E-state index is 14.4. The second-order valence-corrected chi connectivity index (χ2v) is 19.3.